The molecule has 0 unspecified atom stereocenters. The standard InChI is InChI=1S/C15H12N2OS/c1-16-15(19)18-17-14-12-8-4-2-6-10(12)11-7-3-5-9-13(11)14/h2-9H,1H3,(H,16,19). The smallest absolute Gasteiger partial charge is 0.289 e. The Labute approximate surface area is 116 Å². The largest absolute Gasteiger partial charge is 0.348 e. The third kappa shape index (κ3) is 2.00. The second kappa shape index (κ2) is 4.82. The molecule has 3 nitrogen and oxygen atoms in total. The summed E-state index contributed by atoms with van der Waals surface area (Å²) in [5.41, 5.74) is 5.32. The van der Waals surface area contributed by atoms with Crippen LogP contribution in [0.15, 0.2) is 53.7 Å². The topological polar surface area (TPSA) is 33.6 Å². The van der Waals surface area contributed by atoms with E-state index in [-0.39, 0.29) is 5.17 Å². The maximum Gasteiger partial charge on any atom is 0.289 e. The first-order chi connectivity index (χ1) is 9.31. The molecule has 0 spiro atoms. The first kappa shape index (κ1) is 11.9. The highest BCUT2D eigenvalue weighted by Crippen LogP contribution is 2.36. The molecular weight excluding hydrogens is 256 g/mol. The summed E-state index contributed by atoms with van der Waals surface area (Å²) in [6.07, 6.45) is 0. The van der Waals surface area contributed by atoms with E-state index < -0.39 is 0 Å². The van der Waals surface area contributed by atoms with Crippen molar-refractivity contribution in [1.82, 2.24) is 5.32 Å². The molecule has 3 rings (SSSR count). The van der Waals surface area contributed by atoms with Crippen molar-refractivity contribution in [1.29, 1.82) is 0 Å². The lowest BCUT2D eigenvalue weighted by molar-refractivity contribution is 0.325. The van der Waals surface area contributed by atoms with Crippen molar-refractivity contribution >= 4 is 23.1 Å². The van der Waals surface area contributed by atoms with Crippen molar-refractivity contribution in [2.75, 3.05) is 7.05 Å². The van der Waals surface area contributed by atoms with Crippen molar-refractivity contribution in [3.63, 3.8) is 0 Å². The summed E-state index contributed by atoms with van der Waals surface area (Å²) in [7, 11) is 1.71. The molecule has 2 aromatic carbocycles. The van der Waals surface area contributed by atoms with E-state index >= 15 is 0 Å². The minimum absolute atomic E-state index is 0.259. The Kier molecular flexibility index (Phi) is 3.01. The van der Waals surface area contributed by atoms with Crippen LogP contribution in [0.4, 0.5) is 0 Å². The molecule has 0 saturated heterocycles. The van der Waals surface area contributed by atoms with E-state index in [0.29, 0.717) is 0 Å². The Hall–Kier alpha value is -2.20. The van der Waals surface area contributed by atoms with E-state index in [4.69, 9.17) is 17.1 Å². The first-order valence-electron chi connectivity index (χ1n) is 5.97. The van der Waals surface area contributed by atoms with Gasteiger partial charge in [0.05, 0.1) is 0 Å². The van der Waals surface area contributed by atoms with Gasteiger partial charge in [-0.15, -0.1) is 0 Å². The summed E-state index contributed by atoms with van der Waals surface area (Å²) in [5, 5.41) is 7.19. The van der Waals surface area contributed by atoms with Gasteiger partial charge in [0, 0.05) is 18.2 Å². The molecule has 0 heterocycles. The normalized spacial score (nSPS) is 11.5. The fourth-order valence-corrected chi connectivity index (χ4v) is 2.26. The first-order valence-corrected chi connectivity index (χ1v) is 6.38. The van der Waals surface area contributed by atoms with Crippen molar-refractivity contribution in [2.45, 2.75) is 0 Å². The number of benzene rings is 2. The van der Waals surface area contributed by atoms with Crippen molar-refractivity contribution < 1.29 is 4.84 Å². The molecule has 1 aliphatic rings. The van der Waals surface area contributed by atoms with Crippen LogP contribution in [0.2, 0.25) is 0 Å². The highest BCUT2D eigenvalue weighted by Gasteiger charge is 2.24. The molecule has 1 N–H and O–H groups in total. The van der Waals surface area contributed by atoms with Crippen LogP contribution < -0.4 is 5.32 Å². The highest BCUT2D eigenvalue weighted by atomic mass is 32.1. The molecule has 0 atom stereocenters. The van der Waals surface area contributed by atoms with Crippen LogP contribution in [0, 0.1) is 0 Å². The molecule has 4 heteroatoms. The molecule has 94 valence electrons. The van der Waals surface area contributed by atoms with Crippen LogP contribution in [0.3, 0.4) is 0 Å². The van der Waals surface area contributed by atoms with Gasteiger partial charge in [0.1, 0.15) is 5.71 Å². The molecule has 1 aliphatic carbocycles. The zero-order valence-corrected chi connectivity index (χ0v) is 11.2. The van der Waals surface area contributed by atoms with Gasteiger partial charge in [0.25, 0.3) is 5.17 Å². The molecule has 0 amide bonds. The molecule has 0 aliphatic heterocycles. The van der Waals surface area contributed by atoms with Crippen LogP contribution >= 0.6 is 12.2 Å². The zero-order valence-electron chi connectivity index (χ0n) is 10.4. The Morgan fingerprint density at radius 3 is 1.89 bits per heavy atom. The summed E-state index contributed by atoms with van der Waals surface area (Å²) >= 11 is 4.95. The van der Waals surface area contributed by atoms with Gasteiger partial charge in [-0.25, -0.2) is 0 Å². The van der Waals surface area contributed by atoms with E-state index in [1.165, 1.54) is 11.1 Å². The number of nitrogens with zero attached hydrogens (tertiary/aromatic N) is 1. The summed E-state index contributed by atoms with van der Waals surface area (Å²) in [5.74, 6) is 0. The minimum Gasteiger partial charge on any atom is -0.348 e. The molecule has 0 fully saturated rings. The van der Waals surface area contributed by atoms with E-state index in [1.54, 1.807) is 7.05 Å². The van der Waals surface area contributed by atoms with Gasteiger partial charge in [-0.3, -0.25) is 0 Å². The molecule has 0 aromatic heterocycles. The van der Waals surface area contributed by atoms with Crippen LogP contribution in [0.5, 0.6) is 0 Å². The molecule has 0 bridgehead atoms. The summed E-state index contributed by atoms with van der Waals surface area (Å²) in [6, 6.07) is 16.3. The van der Waals surface area contributed by atoms with Gasteiger partial charge in [-0.1, -0.05) is 53.7 Å². The van der Waals surface area contributed by atoms with Gasteiger partial charge in [-0.05, 0) is 23.3 Å². The second-order valence-corrected chi connectivity index (χ2v) is 4.53. The van der Waals surface area contributed by atoms with Crippen LogP contribution in [-0.2, 0) is 4.84 Å². The van der Waals surface area contributed by atoms with Gasteiger partial charge < -0.3 is 10.2 Å². The third-order valence-electron chi connectivity index (χ3n) is 3.08. The number of hydrogen-bond acceptors (Lipinski definition) is 3. The van der Waals surface area contributed by atoms with Gasteiger partial charge in [-0.2, -0.15) is 0 Å². The number of thiocarbonyl (C=S) groups is 1. The quantitative estimate of drug-likeness (QED) is 0.544. The van der Waals surface area contributed by atoms with Crippen molar-refractivity contribution in [3.8, 4) is 11.1 Å². The lowest BCUT2D eigenvalue weighted by Crippen LogP contribution is -2.17. The van der Waals surface area contributed by atoms with Gasteiger partial charge in [0.2, 0.25) is 0 Å². The fraction of sp³-hybridized carbons (Fsp3) is 0.0667. The van der Waals surface area contributed by atoms with Crippen molar-refractivity contribution in [3.05, 3.63) is 59.7 Å². The summed E-state index contributed by atoms with van der Waals surface area (Å²) in [4.78, 5) is 5.20. The predicted octanol–water partition coefficient (Wildman–Crippen LogP) is 2.94. The maximum atomic E-state index is 5.20. The molecule has 2 aromatic rings. The Bertz CT molecular complexity index is 632. The maximum absolute atomic E-state index is 5.20. The fourth-order valence-electron chi connectivity index (χ4n) is 2.23. The Balaban J connectivity index is 2.12. The Morgan fingerprint density at radius 2 is 1.42 bits per heavy atom. The highest BCUT2D eigenvalue weighted by molar-refractivity contribution is 7.80. The lowest BCUT2D eigenvalue weighted by Gasteiger charge is -2.02. The third-order valence-corrected chi connectivity index (χ3v) is 3.36. The van der Waals surface area contributed by atoms with Gasteiger partial charge in [0.15, 0.2) is 0 Å². The lowest BCUT2D eigenvalue weighted by atomic mass is 10.1. The van der Waals surface area contributed by atoms with Crippen molar-refractivity contribution in [2.24, 2.45) is 5.16 Å². The average Bonchev–Trinajstić information content (AvgIpc) is 2.79. The number of hydrogen-bond donors (Lipinski definition) is 1. The van der Waals surface area contributed by atoms with Gasteiger partial charge >= 0.3 is 0 Å². The average molecular weight is 268 g/mol. The van der Waals surface area contributed by atoms with E-state index in [9.17, 15) is 0 Å². The number of nitrogens with one attached hydrogen (secondary N) is 1. The minimum atomic E-state index is 0.259. The predicted molar refractivity (Wildman–Crippen MR) is 80.3 cm³/mol. The number of oxime groups is 1. The van der Waals surface area contributed by atoms with Crippen LogP contribution in [0.1, 0.15) is 11.1 Å². The molecule has 0 radical (unpaired) electrons. The van der Waals surface area contributed by atoms with E-state index in [0.717, 1.165) is 16.8 Å². The zero-order chi connectivity index (χ0) is 13.2. The van der Waals surface area contributed by atoms with Crippen LogP contribution in [-0.4, -0.2) is 17.9 Å². The monoisotopic (exact) mass is 268 g/mol. The molecule has 19 heavy (non-hydrogen) atoms. The number of fused-ring (bicyclic) bond motifs is 3. The van der Waals surface area contributed by atoms with Crippen LogP contribution in [0.25, 0.3) is 11.1 Å². The SMILES string of the molecule is CNC(=S)ON=C1c2ccccc2-c2ccccc21. The van der Waals surface area contributed by atoms with E-state index in [2.05, 4.69) is 22.6 Å². The molecular formula is C15H12N2OS. The second-order valence-electron chi connectivity index (χ2n) is 4.16. The molecule has 0 saturated carbocycles. The number of rotatable bonds is 1. The summed E-state index contributed by atoms with van der Waals surface area (Å²) < 4.78 is 0. The van der Waals surface area contributed by atoms with E-state index in [1.807, 2.05) is 36.4 Å². The summed E-state index contributed by atoms with van der Waals surface area (Å²) in [6.45, 7) is 0. The Morgan fingerprint density at radius 1 is 0.947 bits per heavy atom.